The van der Waals surface area contributed by atoms with Gasteiger partial charge in [0.25, 0.3) is 0 Å². The largest absolute Gasteiger partial charge is 0.497 e. The number of rotatable bonds is 6. The number of carbonyl (C=O) groups is 2. The summed E-state index contributed by atoms with van der Waals surface area (Å²) in [5.74, 6) is -0.858. The van der Waals surface area contributed by atoms with Gasteiger partial charge in [0.05, 0.1) is 12.8 Å². The van der Waals surface area contributed by atoms with Crippen molar-refractivity contribution in [1.82, 2.24) is 4.98 Å². The van der Waals surface area contributed by atoms with Gasteiger partial charge in [0.1, 0.15) is 18.1 Å². The molecule has 0 atom stereocenters. The minimum Gasteiger partial charge on any atom is -0.497 e. The van der Waals surface area contributed by atoms with Gasteiger partial charge in [-0.15, -0.1) is 11.3 Å². The Morgan fingerprint density at radius 3 is 2.62 bits per heavy atom. The van der Waals surface area contributed by atoms with E-state index >= 15 is 0 Å². The van der Waals surface area contributed by atoms with E-state index in [0.29, 0.717) is 17.2 Å². The van der Waals surface area contributed by atoms with Crippen molar-refractivity contribution in [3.05, 3.63) is 39.8 Å². The van der Waals surface area contributed by atoms with E-state index in [1.54, 1.807) is 11.4 Å². The number of thiazole rings is 1. The van der Waals surface area contributed by atoms with Crippen LogP contribution in [0.4, 0.5) is 0 Å². The van der Waals surface area contributed by atoms with Crippen molar-refractivity contribution >= 4 is 23.2 Å². The van der Waals surface area contributed by atoms with Crippen molar-refractivity contribution in [1.29, 1.82) is 0 Å². The quantitative estimate of drug-likeness (QED) is 0.837. The first kappa shape index (κ1) is 14.8. The van der Waals surface area contributed by atoms with Crippen molar-refractivity contribution in [3.8, 4) is 11.5 Å². The number of carboxylic acid groups (broad SMARTS) is 1. The maximum Gasteiger partial charge on any atom is 0.365 e. The molecule has 0 unspecified atom stereocenters. The monoisotopic (exact) mass is 308 g/mol. The molecule has 0 radical (unpaired) electrons. The van der Waals surface area contributed by atoms with E-state index in [-0.39, 0.29) is 17.2 Å². The molecule has 0 aliphatic rings. The Hall–Kier alpha value is -2.61. The van der Waals surface area contributed by atoms with Crippen LogP contribution in [0.2, 0.25) is 0 Å². The standard InChI is InChI=1S/C13H12N2O5S/c1-19-9-2-7(11(14)16)3-10(4-9)20-5-8-6-21-12(15-8)13(17)18/h2-4,6H,5H2,1H3,(H2,14,16)(H,17,18). The number of aromatic carboxylic acids is 1. The molecule has 110 valence electrons. The summed E-state index contributed by atoms with van der Waals surface area (Å²) < 4.78 is 10.5. The molecule has 21 heavy (non-hydrogen) atoms. The number of aromatic nitrogens is 1. The van der Waals surface area contributed by atoms with Crippen molar-refractivity contribution in [2.45, 2.75) is 6.61 Å². The second kappa shape index (κ2) is 6.23. The number of carboxylic acids is 1. The molecule has 1 amide bonds. The van der Waals surface area contributed by atoms with Crippen molar-refractivity contribution in [3.63, 3.8) is 0 Å². The number of amides is 1. The van der Waals surface area contributed by atoms with Gasteiger partial charge in [0, 0.05) is 17.0 Å². The number of nitrogens with zero attached hydrogens (tertiary/aromatic N) is 1. The summed E-state index contributed by atoms with van der Waals surface area (Å²) in [6.45, 7) is 0.0785. The molecule has 2 rings (SSSR count). The molecular formula is C13H12N2O5S. The number of carbonyl (C=O) groups excluding carboxylic acids is 1. The highest BCUT2D eigenvalue weighted by Gasteiger charge is 2.11. The Kier molecular flexibility index (Phi) is 4.39. The van der Waals surface area contributed by atoms with E-state index < -0.39 is 11.9 Å². The molecule has 8 heteroatoms. The van der Waals surface area contributed by atoms with Crippen LogP contribution in [0.25, 0.3) is 0 Å². The lowest BCUT2D eigenvalue weighted by Gasteiger charge is -2.08. The second-order valence-corrected chi connectivity index (χ2v) is 4.86. The third-order valence-electron chi connectivity index (χ3n) is 2.52. The summed E-state index contributed by atoms with van der Waals surface area (Å²) in [7, 11) is 1.46. The van der Waals surface area contributed by atoms with Crippen LogP contribution in [0.3, 0.4) is 0 Å². The third kappa shape index (κ3) is 3.69. The SMILES string of the molecule is COc1cc(OCc2csc(C(=O)O)n2)cc(C(N)=O)c1. The number of methoxy groups -OCH3 is 1. The first-order valence-corrected chi connectivity index (χ1v) is 6.67. The average molecular weight is 308 g/mol. The van der Waals surface area contributed by atoms with Gasteiger partial charge in [-0.2, -0.15) is 0 Å². The number of benzene rings is 1. The molecule has 0 aliphatic heterocycles. The van der Waals surface area contributed by atoms with Crippen LogP contribution in [0.15, 0.2) is 23.6 Å². The van der Waals surface area contributed by atoms with Gasteiger partial charge in [0.2, 0.25) is 10.9 Å². The molecule has 0 saturated carbocycles. The highest BCUT2D eigenvalue weighted by molar-refractivity contribution is 7.11. The van der Waals surface area contributed by atoms with E-state index in [1.165, 1.54) is 19.2 Å². The Bertz CT molecular complexity index is 683. The molecule has 1 heterocycles. The van der Waals surface area contributed by atoms with Gasteiger partial charge in [-0.25, -0.2) is 9.78 Å². The Morgan fingerprint density at radius 1 is 1.33 bits per heavy atom. The predicted molar refractivity (Wildman–Crippen MR) is 74.9 cm³/mol. The summed E-state index contributed by atoms with van der Waals surface area (Å²) in [6.07, 6.45) is 0. The van der Waals surface area contributed by atoms with Crippen LogP contribution in [-0.4, -0.2) is 29.1 Å². The van der Waals surface area contributed by atoms with Crippen LogP contribution in [0, 0.1) is 0 Å². The lowest BCUT2D eigenvalue weighted by atomic mass is 10.2. The minimum atomic E-state index is -1.08. The predicted octanol–water partition coefficient (Wildman–Crippen LogP) is 1.53. The maximum atomic E-state index is 11.2. The fourth-order valence-corrected chi connectivity index (χ4v) is 2.18. The van der Waals surface area contributed by atoms with Gasteiger partial charge in [-0.3, -0.25) is 4.79 Å². The average Bonchev–Trinajstić information content (AvgIpc) is 2.93. The number of primary amides is 1. The fourth-order valence-electron chi connectivity index (χ4n) is 1.54. The van der Waals surface area contributed by atoms with Crippen molar-refractivity contribution in [2.24, 2.45) is 5.73 Å². The summed E-state index contributed by atoms with van der Waals surface area (Å²) >= 11 is 1.02. The van der Waals surface area contributed by atoms with E-state index in [9.17, 15) is 9.59 Å². The smallest absolute Gasteiger partial charge is 0.365 e. The van der Waals surface area contributed by atoms with Gasteiger partial charge in [-0.1, -0.05) is 0 Å². The molecule has 0 saturated heterocycles. The minimum absolute atomic E-state index is 0.00272. The van der Waals surface area contributed by atoms with E-state index in [1.807, 2.05) is 0 Å². The Morgan fingerprint density at radius 2 is 2.05 bits per heavy atom. The van der Waals surface area contributed by atoms with Gasteiger partial charge < -0.3 is 20.3 Å². The molecule has 1 aromatic heterocycles. The highest BCUT2D eigenvalue weighted by atomic mass is 32.1. The van der Waals surface area contributed by atoms with Gasteiger partial charge >= 0.3 is 5.97 Å². The zero-order valence-corrected chi connectivity index (χ0v) is 11.8. The first-order valence-electron chi connectivity index (χ1n) is 5.79. The van der Waals surface area contributed by atoms with Gasteiger partial charge in [-0.05, 0) is 12.1 Å². The zero-order chi connectivity index (χ0) is 15.4. The molecule has 0 aliphatic carbocycles. The summed E-state index contributed by atoms with van der Waals surface area (Å²) in [5.41, 5.74) is 5.97. The summed E-state index contributed by atoms with van der Waals surface area (Å²) in [4.78, 5) is 25.8. The first-order chi connectivity index (χ1) is 9.99. The van der Waals surface area contributed by atoms with Crippen LogP contribution < -0.4 is 15.2 Å². The van der Waals surface area contributed by atoms with E-state index in [4.69, 9.17) is 20.3 Å². The van der Waals surface area contributed by atoms with Gasteiger partial charge in [0.15, 0.2) is 0 Å². The van der Waals surface area contributed by atoms with Crippen LogP contribution in [-0.2, 0) is 6.61 Å². The van der Waals surface area contributed by atoms with Crippen molar-refractivity contribution in [2.75, 3.05) is 7.11 Å². The summed E-state index contributed by atoms with van der Waals surface area (Å²) in [5, 5.41) is 10.4. The lowest BCUT2D eigenvalue weighted by molar-refractivity contribution is 0.0695. The molecule has 3 N–H and O–H groups in total. The Balaban J connectivity index is 2.13. The highest BCUT2D eigenvalue weighted by Crippen LogP contribution is 2.23. The molecule has 0 spiro atoms. The Labute approximate surface area is 123 Å². The topological polar surface area (TPSA) is 112 Å². The van der Waals surface area contributed by atoms with Crippen LogP contribution >= 0.6 is 11.3 Å². The molecule has 1 aromatic carbocycles. The number of hydrogen-bond donors (Lipinski definition) is 2. The van der Waals surface area contributed by atoms with Crippen LogP contribution in [0.5, 0.6) is 11.5 Å². The van der Waals surface area contributed by atoms with E-state index in [0.717, 1.165) is 11.3 Å². The fraction of sp³-hybridized carbons (Fsp3) is 0.154. The third-order valence-corrected chi connectivity index (χ3v) is 3.40. The number of ether oxygens (including phenoxy) is 2. The number of nitrogens with two attached hydrogens (primary N) is 1. The number of hydrogen-bond acceptors (Lipinski definition) is 6. The normalized spacial score (nSPS) is 10.1. The summed E-state index contributed by atoms with van der Waals surface area (Å²) in [6, 6.07) is 4.58. The zero-order valence-electron chi connectivity index (χ0n) is 11.0. The molecule has 7 nitrogen and oxygen atoms in total. The lowest BCUT2D eigenvalue weighted by Crippen LogP contribution is -2.11. The van der Waals surface area contributed by atoms with Crippen molar-refractivity contribution < 1.29 is 24.2 Å². The van der Waals surface area contributed by atoms with E-state index in [2.05, 4.69) is 4.98 Å². The second-order valence-electron chi connectivity index (χ2n) is 4.00. The van der Waals surface area contributed by atoms with Crippen LogP contribution in [0.1, 0.15) is 25.9 Å². The molecule has 0 fully saturated rings. The molecule has 2 aromatic rings. The molecular weight excluding hydrogens is 296 g/mol. The molecule has 0 bridgehead atoms. The maximum absolute atomic E-state index is 11.2.